The van der Waals surface area contributed by atoms with Crippen LogP contribution < -0.4 is 10.4 Å². The Labute approximate surface area is 124 Å². The van der Waals surface area contributed by atoms with Gasteiger partial charge >= 0.3 is 11.7 Å². The Morgan fingerprint density at radius 3 is 2.68 bits per heavy atom. The average Bonchev–Trinajstić information content (AvgIpc) is 2.82. The van der Waals surface area contributed by atoms with Crippen LogP contribution in [0, 0.1) is 0 Å². The first-order chi connectivity index (χ1) is 10.6. The van der Waals surface area contributed by atoms with Crippen LogP contribution in [-0.2, 0) is 11.3 Å². The van der Waals surface area contributed by atoms with Crippen molar-refractivity contribution in [1.82, 2.24) is 14.5 Å². The van der Waals surface area contributed by atoms with Gasteiger partial charge in [0.25, 0.3) is 0 Å². The maximum atomic E-state index is 11.8. The van der Waals surface area contributed by atoms with Crippen molar-refractivity contribution in [2.45, 2.75) is 6.54 Å². The van der Waals surface area contributed by atoms with Crippen molar-refractivity contribution in [3.8, 4) is 16.9 Å². The number of H-pyrrole nitrogens is 1. The number of aromatic nitrogens is 3. The predicted molar refractivity (Wildman–Crippen MR) is 80.0 cm³/mol. The maximum absolute atomic E-state index is 11.8. The van der Waals surface area contributed by atoms with Crippen LogP contribution >= 0.6 is 0 Å². The lowest BCUT2D eigenvalue weighted by molar-refractivity contribution is -0.137. The van der Waals surface area contributed by atoms with Crippen LogP contribution in [0.5, 0.6) is 5.75 Å². The Morgan fingerprint density at radius 2 is 2.05 bits per heavy atom. The fourth-order valence-electron chi connectivity index (χ4n) is 2.27. The zero-order valence-electron chi connectivity index (χ0n) is 11.7. The predicted octanol–water partition coefficient (Wildman–Crippen LogP) is 1.48. The first-order valence-corrected chi connectivity index (χ1v) is 6.53. The molecule has 7 heteroatoms. The highest BCUT2D eigenvalue weighted by atomic mass is 16.5. The number of aromatic amines is 1. The molecule has 0 bridgehead atoms. The lowest BCUT2D eigenvalue weighted by Gasteiger charge is -2.05. The molecule has 22 heavy (non-hydrogen) atoms. The molecule has 0 spiro atoms. The molecule has 0 aliphatic rings. The Kier molecular flexibility index (Phi) is 3.38. The highest BCUT2D eigenvalue weighted by molar-refractivity contribution is 5.80. The molecule has 0 amide bonds. The van der Waals surface area contributed by atoms with Gasteiger partial charge in [0.1, 0.15) is 12.3 Å². The second-order valence-corrected chi connectivity index (χ2v) is 4.73. The van der Waals surface area contributed by atoms with Crippen LogP contribution in [0.4, 0.5) is 0 Å². The molecule has 2 heterocycles. The average molecular weight is 299 g/mol. The molecule has 0 aliphatic heterocycles. The fraction of sp³-hybridized carbons (Fsp3) is 0.133. The van der Waals surface area contributed by atoms with Gasteiger partial charge in [-0.3, -0.25) is 14.3 Å². The van der Waals surface area contributed by atoms with Crippen LogP contribution in [0.25, 0.3) is 22.3 Å². The minimum atomic E-state index is -1.09. The number of pyridine rings is 1. The molecular formula is C15H13N3O4. The van der Waals surface area contributed by atoms with Crippen molar-refractivity contribution in [3.05, 3.63) is 47.0 Å². The maximum Gasteiger partial charge on any atom is 0.328 e. The molecule has 2 N–H and O–H groups in total. The molecule has 3 rings (SSSR count). The summed E-state index contributed by atoms with van der Waals surface area (Å²) in [6, 6.07) is 9.12. The van der Waals surface area contributed by atoms with E-state index in [0.717, 1.165) is 21.4 Å². The Hall–Kier alpha value is -3.09. The van der Waals surface area contributed by atoms with Crippen molar-refractivity contribution >= 4 is 17.1 Å². The summed E-state index contributed by atoms with van der Waals surface area (Å²) in [7, 11) is 1.59. The molecular weight excluding hydrogens is 286 g/mol. The van der Waals surface area contributed by atoms with Crippen LogP contribution in [0.1, 0.15) is 0 Å². The topological polar surface area (TPSA) is 97.2 Å². The number of nitrogens with one attached hydrogen (secondary N) is 1. The largest absolute Gasteiger partial charge is 0.497 e. The van der Waals surface area contributed by atoms with Crippen LogP contribution in [0.15, 0.2) is 41.3 Å². The van der Waals surface area contributed by atoms with Crippen molar-refractivity contribution in [1.29, 1.82) is 0 Å². The highest BCUT2D eigenvalue weighted by Gasteiger charge is 2.12. The molecule has 0 aliphatic carbocycles. The number of rotatable bonds is 4. The van der Waals surface area contributed by atoms with Gasteiger partial charge in [0.2, 0.25) is 0 Å². The van der Waals surface area contributed by atoms with Gasteiger partial charge in [-0.15, -0.1) is 0 Å². The number of hydrogen-bond acceptors (Lipinski definition) is 4. The first-order valence-electron chi connectivity index (χ1n) is 6.53. The smallest absolute Gasteiger partial charge is 0.328 e. The zero-order chi connectivity index (χ0) is 15.7. The number of carboxylic acid groups (broad SMARTS) is 1. The van der Waals surface area contributed by atoms with E-state index in [9.17, 15) is 9.59 Å². The molecule has 0 saturated heterocycles. The number of nitrogens with zero attached hydrogens (tertiary/aromatic N) is 2. The summed E-state index contributed by atoms with van der Waals surface area (Å²) in [5, 5.41) is 8.91. The summed E-state index contributed by atoms with van der Waals surface area (Å²) in [5.74, 6) is -0.347. The number of carboxylic acids is 1. The third kappa shape index (κ3) is 2.44. The number of carbonyl (C=O) groups is 1. The Balaban J connectivity index is 2.11. The third-order valence-electron chi connectivity index (χ3n) is 3.35. The van der Waals surface area contributed by atoms with E-state index in [1.165, 1.54) is 0 Å². The summed E-state index contributed by atoms with van der Waals surface area (Å²) < 4.78 is 6.26. The number of fused-ring (bicyclic) bond motifs is 1. The number of aliphatic carboxylic acids is 1. The lowest BCUT2D eigenvalue weighted by Crippen LogP contribution is -2.21. The second-order valence-electron chi connectivity index (χ2n) is 4.73. The van der Waals surface area contributed by atoms with E-state index in [-0.39, 0.29) is 0 Å². The van der Waals surface area contributed by atoms with Crippen molar-refractivity contribution in [2.75, 3.05) is 7.11 Å². The summed E-state index contributed by atoms with van der Waals surface area (Å²) >= 11 is 0. The molecule has 112 valence electrons. The molecule has 3 aromatic rings. The van der Waals surface area contributed by atoms with E-state index in [4.69, 9.17) is 9.84 Å². The lowest BCUT2D eigenvalue weighted by atomic mass is 10.1. The van der Waals surface area contributed by atoms with E-state index < -0.39 is 18.2 Å². The standard InChI is InChI=1S/C15H13N3O4/c1-22-11-4-2-9(3-5-11)10-6-12-14(16-7-10)17-15(21)18(12)8-13(19)20/h2-7H,8H2,1H3,(H,19,20)(H,16,17,21). The first kappa shape index (κ1) is 13.9. The Bertz CT molecular complexity index is 893. The second kappa shape index (κ2) is 5.36. The number of imidazole rings is 1. The zero-order valence-corrected chi connectivity index (χ0v) is 11.7. The van der Waals surface area contributed by atoms with Gasteiger partial charge in [-0.25, -0.2) is 9.78 Å². The van der Waals surface area contributed by atoms with Crippen molar-refractivity contribution in [3.63, 3.8) is 0 Å². The van der Waals surface area contributed by atoms with E-state index >= 15 is 0 Å². The summed E-state index contributed by atoms with van der Waals surface area (Å²) in [6.07, 6.45) is 1.63. The van der Waals surface area contributed by atoms with Gasteiger partial charge < -0.3 is 9.84 Å². The van der Waals surface area contributed by atoms with Gasteiger partial charge in [-0.05, 0) is 23.8 Å². The molecule has 0 unspecified atom stereocenters. The normalized spacial score (nSPS) is 10.8. The number of methoxy groups -OCH3 is 1. The van der Waals surface area contributed by atoms with Crippen LogP contribution in [0.2, 0.25) is 0 Å². The molecule has 7 nitrogen and oxygen atoms in total. The van der Waals surface area contributed by atoms with Gasteiger partial charge in [-0.2, -0.15) is 0 Å². The fourth-order valence-corrected chi connectivity index (χ4v) is 2.27. The third-order valence-corrected chi connectivity index (χ3v) is 3.35. The van der Waals surface area contributed by atoms with Crippen LogP contribution in [0.3, 0.4) is 0 Å². The monoisotopic (exact) mass is 299 g/mol. The molecule has 2 aromatic heterocycles. The van der Waals surface area contributed by atoms with E-state index in [1.54, 1.807) is 19.4 Å². The summed E-state index contributed by atoms with van der Waals surface area (Å²) in [6.45, 7) is -0.410. The highest BCUT2D eigenvalue weighted by Crippen LogP contribution is 2.23. The van der Waals surface area contributed by atoms with E-state index in [0.29, 0.717) is 11.2 Å². The molecule has 0 fully saturated rings. The quantitative estimate of drug-likeness (QED) is 0.760. The van der Waals surface area contributed by atoms with Gasteiger partial charge in [-0.1, -0.05) is 12.1 Å². The van der Waals surface area contributed by atoms with Gasteiger partial charge in [0.05, 0.1) is 12.6 Å². The van der Waals surface area contributed by atoms with Crippen LogP contribution in [-0.4, -0.2) is 32.7 Å². The minimum Gasteiger partial charge on any atom is -0.497 e. The number of benzene rings is 1. The summed E-state index contributed by atoms with van der Waals surface area (Å²) in [4.78, 5) is 29.4. The van der Waals surface area contributed by atoms with Gasteiger partial charge in [0.15, 0.2) is 5.65 Å². The molecule has 1 aromatic carbocycles. The van der Waals surface area contributed by atoms with E-state index in [2.05, 4.69) is 9.97 Å². The SMILES string of the molecule is COc1ccc(-c2cnc3[nH]c(=O)n(CC(=O)O)c3c2)cc1. The van der Waals surface area contributed by atoms with Crippen molar-refractivity contribution in [2.24, 2.45) is 0 Å². The van der Waals surface area contributed by atoms with Crippen molar-refractivity contribution < 1.29 is 14.6 Å². The molecule has 0 radical (unpaired) electrons. The Morgan fingerprint density at radius 1 is 1.32 bits per heavy atom. The molecule has 0 atom stereocenters. The summed E-state index contributed by atoms with van der Waals surface area (Å²) in [5.41, 5.74) is 2.01. The minimum absolute atomic E-state index is 0.364. The van der Waals surface area contributed by atoms with E-state index in [1.807, 2.05) is 24.3 Å². The molecule has 0 saturated carbocycles. The number of ether oxygens (including phenoxy) is 1. The van der Waals surface area contributed by atoms with Gasteiger partial charge in [0, 0.05) is 11.8 Å². The number of hydrogen-bond donors (Lipinski definition) is 2.